The minimum atomic E-state index is -0.375. The predicted molar refractivity (Wildman–Crippen MR) is 138 cm³/mol. The zero-order valence-corrected chi connectivity index (χ0v) is 20.2. The third-order valence-electron chi connectivity index (χ3n) is 5.71. The van der Waals surface area contributed by atoms with Crippen LogP contribution in [0.4, 0.5) is 10.1 Å². The standard InChI is InChI=1S/C26H21FN4OS2/c1-16-22(25-29-24(30-32-25)18-10-14-21(34-2)15-11-18)23(17-8-12-19(27)13-9-17)28-26(33)31(16)20-6-4-3-5-7-20/h3-15,23H,1-2H3,(H,28,33). The molecular weight excluding hydrogens is 467 g/mol. The minimum Gasteiger partial charge on any atom is -0.351 e. The number of para-hydroxylation sites is 1. The second-order valence-electron chi connectivity index (χ2n) is 7.76. The van der Waals surface area contributed by atoms with E-state index in [2.05, 4.69) is 10.5 Å². The van der Waals surface area contributed by atoms with Crippen molar-refractivity contribution in [2.24, 2.45) is 0 Å². The van der Waals surface area contributed by atoms with E-state index in [0.29, 0.717) is 16.8 Å². The maximum atomic E-state index is 13.6. The quantitative estimate of drug-likeness (QED) is 0.255. The summed E-state index contributed by atoms with van der Waals surface area (Å²) < 4.78 is 19.4. The molecule has 5 rings (SSSR count). The zero-order valence-electron chi connectivity index (χ0n) is 18.5. The average Bonchev–Trinajstić information content (AvgIpc) is 3.34. The van der Waals surface area contributed by atoms with Crippen molar-refractivity contribution in [1.29, 1.82) is 0 Å². The Morgan fingerprint density at radius 2 is 1.71 bits per heavy atom. The van der Waals surface area contributed by atoms with Crippen molar-refractivity contribution in [2.45, 2.75) is 17.9 Å². The molecule has 1 aromatic heterocycles. The number of nitrogens with zero attached hydrogens (tertiary/aromatic N) is 3. The number of hydrogen-bond donors (Lipinski definition) is 1. The minimum absolute atomic E-state index is 0.302. The molecule has 1 aliphatic heterocycles. The Labute approximate surface area is 206 Å². The van der Waals surface area contributed by atoms with Gasteiger partial charge in [0, 0.05) is 21.8 Å². The average molecular weight is 489 g/mol. The lowest BCUT2D eigenvalue weighted by molar-refractivity contribution is 0.404. The number of rotatable bonds is 5. The van der Waals surface area contributed by atoms with E-state index in [1.54, 1.807) is 23.9 Å². The molecule has 34 heavy (non-hydrogen) atoms. The summed E-state index contributed by atoms with van der Waals surface area (Å²) in [4.78, 5) is 7.83. The molecule has 0 aliphatic carbocycles. The van der Waals surface area contributed by atoms with Gasteiger partial charge in [0.25, 0.3) is 5.89 Å². The Morgan fingerprint density at radius 1 is 1.00 bits per heavy atom. The van der Waals surface area contributed by atoms with Gasteiger partial charge in [-0.15, -0.1) is 11.8 Å². The highest BCUT2D eigenvalue weighted by atomic mass is 32.2. The van der Waals surface area contributed by atoms with Crippen molar-refractivity contribution >= 4 is 40.4 Å². The molecule has 1 N–H and O–H groups in total. The number of thioether (sulfide) groups is 1. The van der Waals surface area contributed by atoms with Crippen molar-refractivity contribution in [3.8, 4) is 11.4 Å². The highest BCUT2D eigenvalue weighted by molar-refractivity contribution is 7.98. The first-order valence-electron chi connectivity index (χ1n) is 10.7. The Morgan fingerprint density at radius 3 is 2.38 bits per heavy atom. The molecule has 0 saturated carbocycles. The number of hydrogen-bond acceptors (Lipinski definition) is 5. The summed E-state index contributed by atoms with van der Waals surface area (Å²) in [5.41, 5.74) is 4.26. The van der Waals surface area contributed by atoms with Crippen molar-refractivity contribution in [3.63, 3.8) is 0 Å². The Hall–Kier alpha value is -3.49. The monoisotopic (exact) mass is 488 g/mol. The zero-order chi connectivity index (χ0) is 23.7. The van der Waals surface area contributed by atoms with Gasteiger partial charge in [-0.3, -0.25) is 4.90 Å². The third-order valence-corrected chi connectivity index (χ3v) is 6.75. The summed E-state index contributed by atoms with van der Waals surface area (Å²) in [6, 6.07) is 23.8. The number of nitrogens with one attached hydrogen (secondary N) is 1. The van der Waals surface area contributed by atoms with Gasteiger partial charge < -0.3 is 9.84 Å². The van der Waals surface area contributed by atoms with E-state index in [4.69, 9.17) is 21.7 Å². The van der Waals surface area contributed by atoms with Gasteiger partial charge in [-0.2, -0.15) is 4.98 Å². The lowest BCUT2D eigenvalue weighted by atomic mass is 9.94. The van der Waals surface area contributed by atoms with Crippen LogP contribution in [0.1, 0.15) is 24.4 Å². The maximum Gasteiger partial charge on any atom is 0.258 e. The summed E-state index contributed by atoms with van der Waals surface area (Å²) in [7, 11) is 0. The summed E-state index contributed by atoms with van der Waals surface area (Å²) in [6.45, 7) is 1.98. The molecule has 0 radical (unpaired) electrons. The number of benzene rings is 3. The molecule has 0 fully saturated rings. The molecule has 1 aliphatic rings. The van der Waals surface area contributed by atoms with Gasteiger partial charge in [0.2, 0.25) is 5.82 Å². The molecule has 8 heteroatoms. The first kappa shape index (κ1) is 22.3. The first-order valence-corrected chi connectivity index (χ1v) is 12.3. The number of allylic oxidation sites excluding steroid dienone is 1. The van der Waals surface area contributed by atoms with E-state index in [-0.39, 0.29) is 11.9 Å². The topological polar surface area (TPSA) is 54.2 Å². The number of aromatic nitrogens is 2. The predicted octanol–water partition coefficient (Wildman–Crippen LogP) is 6.46. The van der Waals surface area contributed by atoms with Crippen molar-refractivity contribution in [2.75, 3.05) is 11.2 Å². The van der Waals surface area contributed by atoms with E-state index in [9.17, 15) is 4.39 Å². The number of anilines is 1. The highest BCUT2D eigenvalue weighted by Gasteiger charge is 2.34. The molecule has 3 aromatic carbocycles. The maximum absolute atomic E-state index is 13.6. The molecule has 1 atom stereocenters. The Kier molecular flexibility index (Phi) is 6.17. The van der Waals surface area contributed by atoms with Crippen LogP contribution in [0.2, 0.25) is 0 Å². The molecule has 5 nitrogen and oxygen atoms in total. The second-order valence-corrected chi connectivity index (χ2v) is 9.02. The van der Waals surface area contributed by atoms with Crippen LogP contribution in [-0.2, 0) is 0 Å². The van der Waals surface area contributed by atoms with Crippen LogP contribution < -0.4 is 10.2 Å². The van der Waals surface area contributed by atoms with Crippen molar-refractivity contribution < 1.29 is 8.91 Å². The van der Waals surface area contributed by atoms with E-state index in [1.165, 1.54) is 12.1 Å². The molecule has 1 unspecified atom stereocenters. The number of halogens is 1. The summed E-state index contributed by atoms with van der Waals surface area (Å²) in [6.07, 6.45) is 2.03. The van der Waals surface area contributed by atoms with Gasteiger partial charge in [-0.1, -0.05) is 35.5 Å². The largest absolute Gasteiger partial charge is 0.351 e. The Balaban J connectivity index is 1.62. The highest BCUT2D eigenvalue weighted by Crippen LogP contribution is 2.39. The van der Waals surface area contributed by atoms with Gasteiger partial charge in [-0.25, -0.2) is 4.39 Å². The molecule has 2 heterocycles. The van der Waals surface area contributed by atoms with Crippen LogP contribution in [-0.4, -0.2) is 21.5 Å². The molecule has 0 amide bonds. The molecule has 4 aromatic rings. The third kappa shape index (κ3) is 4.22. The smallest absolute Gasteiger partial charge is 0.258 e. The molecule has 0 bridgehead atoms. The van der Waals surface area contributed by atoms with Gasteiger partial charge in [0.15, 0.2) is 5.11 Å². The second kappa shape index (κ2) is 9.40. The SMILES string of the molecule is CSc1ccc(-c2noc(C3=C(C)N(c4ccccc4)C(=S)NC3c3ccc(F)cc3)n2)cc1. The fourth-order valence-corrected chi connectivity index (χ4v) is 4.77. The van der Waals surface area contributed by atoms with Crippen LogP contribution in [0.3, 0.4) is 0 Å². The normalized spacial score (nSPS) is 16.0. The molecule has 170 valence electrons. The van der Waals surface area contributed by atoms with E-state index < -0.39 is 0 Å². The van der Waals surface area contributed by atoms with Crippen LogP contribution >= 0.6 is 24.0 Å². The van der Waals surface area contributed by atoms with Gasteiger partial charge in [-0.05, 0) is 79.5 Å². The van der Waals surface area contributed by atoms with Crippen LogP contribution in [0.5, 0.6) is 0 Å². The van der Waals surface area contributed by atoms with E-state index in [0.717, 1.165) is 33.0 Å². The van der Waals surface area contributed by atoms with E-state index >= 15 is 0 Å². The lowest BCUT2D eigenvalue weighted by Gasteiger charge is -2.37. The van der Waals surface area contributed by atoms with Crippen LogP contribution in [0.15, 0.2) is 94.0 Å². The molecule has 0 saturated heterocycles. The fourth-order valence-electron chi connectivity index (χ4n) is 4.00. The van der Waals surface area contributed by atoms with Gasteiger partial charge in [0.1, 0.15) is 5.82 Å². The fraction of sp³-hybridized carbons (Fsp3) is 0.115. The summed E-state index contributed by atoms with van der Waals surface area (Å²) >= 11 is 7.41. The Bertz CT molecular complexity index is 1350. The summed E-state index contributed by atoms with van der Waals surface area (Å²) in [5.74, 6) is 0.580. The van der Waals surface area contributed by atoms with Gasteiger partial charge in [0.05, 0.1) is 11.6 Å². The van der Waals surface area contributed by atoms with E-state index in [1.807, 2.05) is 72.7 Å². The first-order chi connectivity index (χ1) is 16.5. The lowest BCUT2D eigenvalue weighted by Crippen LogP contribution is -2.46. The van der Waals surface area contributed by atoms with Crippen molar-refractivity contribution in [1.82, 2.24) is 15.5 Å². The molecular formula is C26H21FN4OS2. The molecule has 0 spiro atoms. The summed E-state index contributed by atoms with van der Waals surface area (Å²) in [5, 5.41) is 8.17. The van der Waals surface area contributed by atoms with Crippen molar-refractivity contribution in [3.05, 3.63) is 102 Å². The van der Waals surface area contributed by atoms with Gasteiger partial charge >= 0.3 is 0 Å². The van der Waals surface area contributed by atoms with Crippen LogP contribution in [0, 0.1) is 5.82 Å². The number of thiocarbonyl (C=S) groups is 1. The van der Waals surface area contributed by atoms with Crippen LogP contribution in [0.25, 0.3) is 17.0 Å².